The number of carboxylic acids is 1. The van der Waals surface area contributed by atoms with E-state index in [4.69, 9.17) is 9.84 Å². The van der Waals surface area contributed by atoms with Gasteiger partial charge in [0.1, 0.15) is 5.82 Å². The molecule has 0 unspecified atom stereocenters. The lowest BCUT2D eigenvalue weighted by molar-refractivity contribution is -0.138. The first-order chi connectivity index (χ1) is 11.9. The van der Waals surface area contributed by atoms with Gasteiger partial charge in [-0.15, -0.1) is 0 Å². The zero-order valence-corrected chi connectivity index (χ0v) is 13.0. The third kappa shape index (κ3) is 3.76. The summed E-state index contributed by atoms with van der Waals surface area (Å²) in [5.41, 5.74) is 1.04. The fourth-order valence-corrected chi connectivity index (χ4v) is 2.76. The first-order valence-electron chi connectivity index (χ1n) is 7.65. The Morgan fingerprint density at radius 1 is 1.20 bits per heavy atom. The van der Waals surface area contributed by atoms with Crippen molar-refractivity contribution in [3.63, 3.8) is 0 Å². The van der Waals surface area contributed by atoms with Crippen LogP contribution in [0.25, 0.3) is 0 Å². The maximum Gasteiger partial charge on any atom is 0.305 e. The number of carbonyl (C=O) groups excluding carboxylic acids is 1. The van der Waals surface area contributed by atoms with Crippen LogP contribution in [-0.4, -0.2) is 23.1 Å². The van der Waals surface area contributed by atoms with Crippen LogP contribution in [0.15, 0.2) is 42.5 Å². The Balaban J connectivity index is 1.74. The number of amides is 1. The average molecular weight is 347 g/mol. The zero-order valence-electron chi connectivity index (χ0n) is 13.0. The Morgan fingerprint density at radius 3 is 2.56 bits per heavy atom. The zero-order chi connectivity index (χ0) is 18.0. The van der Waals surface area contributed by atoms with Crippen molar-refractivity contribution < 1.29 is 28.2 Å². The second kappa shape index (κ2) is 6.88. The van der Waals surface area contributed by atoms with E-state index in [1.807, 2.05) is 0 Å². The van der Waals surface area contributed by atoms with Crippen LogP contribution in [0.5, 0.6) is 5.75 Å². The van der Waals surface area contributed by atoms with Crippen LogP contribution in [0.2, 0.25) is 0 Å². The summed E-state index contributed by atoms with van der Waals surface area (Å²) < 4.78 is 32.1. The van der Waals surface area contributed by atoms with Crippen LogP contribution in [0.3, 0.4) is 0 Å². The van der Waals surface area contributed by atoms with Gasteiger partial charge in [0.25, 0.3) is 5.91 Å². The van der Waals surface area contributed by atoms with Gasteiger partial charge in [-0.05, 0) is 23.8 Å². The van der Waals surface area contributed by atoms with Crippen LogP contribution in [0, 0.1) is 11.6 Å². The molecule has 1 amide bonds. The summed E-state index contributed by atoms with van der Waals surface area (Å²) in [6, 6.07) is 8.79. The largest absolute Gasteiger partial charge is 0.481 e. The smallest absolute Gasteiger partial charge is 0.305 e. The standard InChI is InChI=1S/C18H15F2NO4/c19-12-6-4-10(5-7-12)14(9-16(22)23)21-18(24)15-8-11-2-1-3-13(20)17(11)25-15/h1-7,14-15H,8-9H2,(H,21,24)(H,22,23)/t14-,15+/m0/s1. The molecule has 130 valence electrons. The van der Waals surface area contributed by atoms with Gasteiger partial charge in [-0.25, -0.2) is 8.78 Å². The van der Waals surface area contributed by atoms with E-state index in [-0.39, 0.29) is 18.6 Å². The number of halogens is 2. The number of para-hydroxylation sites is 1. The summed E-state index contributed by atoms with van der Waals surface area (Å²) in [7, 11) is 0. The molecule has 0 bridgehead atoms. The molecule has 1 heterocycles. The fourth-order valence-electron chi connectivity index (χ4n) is 2.76. The summed E-state index contributed by atoms with van der Waals surface area (Å²) in [6.07, 6.45) is -1.11. The lowest BCUT2D eigenvalue weighted by Crippen LogP contribution is -2.40. The Hall–Kier alpha value is -2.96. The van der Waals surface area contributed by atoms with E-state index in [2.05, 4.69) is 5.32 Å². The van der Waals surface area contributed by atoms with Crippen molar-refractivity contribution in [2.24, 2.45) is 0 Å². The predicted molar refractivity (Wildman–Crippen MR) is 84.1 cm³/mol. The molecule has 1 aliphatic rings. The molecular weight excluding hydrogens is 332 g/mol. The van der Waals surface area contributed by atoms with Crippen LogP contribution in [-0.2, 0) is 16.0 Å². The Morgan fingerprint density at radius 2 is 1.92 bits per heavy atom. The van der Waals surface area contributed by atoms with Gasteiger partial charge in [0, 0.05) is 12.0 Å². The van der Waals surface area contributed by atoms with Gasteiger partial charge in [0.15, 0.2) is 17.7 Å². The van der Waals surface area contributed by atoms with Crippen molar-refractivity contribution in [2.45, 2.75) is 25.0 Å². The third-order valence-corrected chi connectivity index (χ3v) is 3.97. The third-order valence-electron chi connectivity index (χ3n) is 3.97. The number of aliphatic carboxylic acids is 1. The highest BCUT2D eigenvalue weighted by Gasteiger charge is 2.32. The number of hydrogen-bond donors (Lipinski definition) is 2. The van der Waals surface area contributed by atoms with E-state index in [9.17, 15) is 18.4 Å². The molecule has 0 radical (unpaired) electrons. The van der Waals surface area contributed by atoms with Gasteiger partial charge in [-0.3, -0.25) is 9.59 Å². The second-order valence-electron chi connectivity index (χ2n) is 5.75. The number of fused-ring (bicyclic) bond motifs is 1. The van der Waals surface area contributed by atoms with Crippen LogP contribution < -0.4 is 10.1 Å². The molecule has 2 aromatic carbocycles. The van der Waals surface area contributed by atoms with Gasteiger partial charge in [0.2, 0.25) is 0 Å². The first-order valence-corrected chi connectivity index (χ1v) is 7.65. The molecular formula is C18H15F2NO4. The molecule has 0 aromatic heterocycles. The normalized spacial score (nSPS) is 16.6. The van der Waals surface area contributed by atoms with Crippen LogP contribution >= 0.6 is 0 Å². The average Bonchev–Trinajstić information content (AvgIpc) is 3.00. The predicted octanol–water partition coefficient (Wildman–Crippen LogP) is 2.60. The van der Waals surface area contributed by atoms with Crippen LogP contribution in [0.4, 0.5) is 8.78 Å². The van der Waals surface area contributed by atoms with Gasteiger partial charge >= 0.3 is 5.97 Å². The van der Waals surface area contributed by atoms with Crippen molar-refractivity contribution in [1.82, 2.24) is 5.32 Å². The second-order valence-corrected chi connectivity index (χ2v) is 5.75. The quantitative estimate of drug-likeness (QED) is 0.872. The SMILES string of the molecule is O=C(O)C[C@H](NC(=O)[C@H]1Cc2cccc(F)c2O1)c1ccc(F)cc1. The molecule has 3 rings (SSSR count). The van der Waals surface area contributed by atoms with Gasteiger partial charge in [-0.2, -0.15) is 0 Å². The van der Waals surface area contributed by atoms with Crippen molar-refractivity contribution in [1.29, 1.82) is 0 Å². The van der Waals surface area contributed by atoms with Crippen molar-refractivity contribution in [3.8, 4) is 5.75 Å². The Bertz CT molecular complexity index is 807. The molecule has 0 aliphatic carbocycles. The molecule has 5 nitrogen and oxygen atoms in total. The maximum absolute atomic E-state index is 13.7. The molecule has 2 atom stereocenters. The molecule has 25 heavy (non-hydrogen) atoms. The molecule has 0 saturated carbocycles. The van der Waals surface area contributed by atoms with Crippen molar-refractivity contribution in [2.75, 3.05) is 0 Å². The number of benzene rings is 2. The highest BCUT2D eigenvalue weighted by Crippen LogP contribution is 2.31. The highest BCUT2D eigenvalue weighted by molar-refractivity contribution is 5.83. The van der Waals surface area contributed by atoms with Gasteiger partial charge in [0.05, 0.1) is 12.5 Å². The lowest BCUT2D eigenvalue weighted by atomic mass is 10.0. The Kier molecular flexibility index (Phi) is 4.65. The molecule has 2 N–H and O–H groups in total. The van der Waals surface area contributed by atoms with E-state index >= 15 is 0 Å². The number of hydrogen-bond acceptors (Lipinski definition) is 3. The topological polar surface area (TPSA) is 75.6 Å². The molecule has 0 saturated heterocycles. The summed E-state index contributed by atoms with van der Waals surface area (Å²) in [4.78, 5) is 23.5. The molecule has 7 heteroatoms. The van der Waals surface area contributed by atoms with E-state index < -0.39 is 35.7 Å². The first kappa shape index (κ1) is 16.9. The van der Waals surface area contributed by atoms with E-state index in [0.717, 1.165) is 0 Å². The number of carbonyl (C=O) groups is 2. The molecule has 2 aromatic rings. The summed E-state index contributed by atoms with van der Waals surface area (Å²) in [5.74, 6) is -2.63. The summed E-state index contributed by atoms with van der Waals surface area (Å²) in [6.45, 7) is 0. The summed E-state index contributed by atoms with van der Waals surface area (Å²) in [5, 5.41) is 11.6. The van der Waals surface area contributed by atoms with Crippen molar-refractivity contribution in [3.05, 3.63) is 65.2 Å². The molecule has 0 spiro atoms. The van der Waals surface area contributed by atoms with E-state index in [0.29, 0.717) is 11.1 Å². The number of nitrogens with one attached hydrogen (secondary N) is 1. The monoisotopic (exact) mass is 347 g/mol. The number of rotatable bonds is 5. The van der Waals surface area contributed by atoms with E-state index in [1.54, 1.807) is 6.07 Å². The summed E-state index contributed by atoms with van der Waals surface area (Å²) >= 11 is 0. The molecule has 0 fully saturated rings. The van der Waals surface area contributed by atoms with Gasteiger partial charge < -0.3 is 15.2 Å². The highest BCUT2D eigenvalue weighted by atomic mass is 19.1. The maximum atomic E-state index is 13.7. The number of ether oxygens (including phenoxy) is 1. The van der Waals surface area contributed by atoms with E-state index in [1.165, 1.54) is 36.4 Å². The molecule has 1 aliphatic heterocycles. The Labute approximate surface area is 142 Å². The minimum atomic E-state index is -1.11. The van der Waals surface area contributed by atoms with Crippen molar-refractivity contribution >= 4 is 11.9 Å². The lowest BCUT2D eigenvalue weighted by Gasteiger charge is -2.20. The fraction of sp³-hybridized carbons (Fsp3) is 0.222. The van der Waals surface area contributed by atoms with Gasteiger partial charge in [-0.1, -0.05) is 24.3 Å². The minimum absolute atomic E-state index is 0.0409. The minimum Gasteiger partial charge on any atom is -0.481 e. The number of carboxylic acid groups (broad SMARTS) is 1. The van der Waals surface area contributed by atoms with Crippen LogP contribution in [0.1, 0.15) is 23.6 Å².